The van der Waals surface area contributed by atoms with E-state index in [1.807, 2.05) is 36.4 Å². The number of aliphatic hydroxyl groups is 1. The van der Waals surface area contributed by atoms with Gasteiger partial charge in [-0.15, -0.1) is 11.3 Å². The van der Waals surface area contributed by atoms with E-state index in [-0.39, 0.29) is 17.9 Å². The summed E-state index contributed by atoms with van der Waals surface area (Å²) in [6.45, 7) is 0.282. The summed E-state index contributed by atoms with van der Waals surface area (Å²) in [7, 11) is 0. The summed E-state index contributed by atoms with van der Waals surface area (Å²) in [5, 5.41) is 12.4. The van der Waals surface area contributed by atoms with Gasteiger partial charge in [-0.05, 0) is 28.6 Å². The number of hydrogen-bond donors (Lipinski definition) is 1. The van der Waals surface area contributed by atoms with Crippen LogP contribution in [0.2, 0.25) is 0 Å². The van der Waals surface area contributed by atoms with Crippen molar-refractivity contribution in [2.45, 2.75) is 12.6 Å². The molecule has 1 aliphatic rings. The minimum absolute atomic E-state index is 0.103. The molecule has 5 nitrogen and oxygen atoms in total. The normalized spacial score (nSPS) is 16.8. The van der Waals surface area contributed by atoms with E-state index >= 15 is 0 Å². The van der Waals surface area contributed by atoms with Crippen LogP contribution in [-0.2, 0) is 11.3 Å². The lowest BCUT2D eigenvalue weighted by atomic mass is 9.96. The lowest BCUT2D eigenvalue weighted by Crippen LogP contribution is -2.30. The number of pyridine rings is 1. The molecule has 27 heavy (non-hydrogen) atoms. The van der Waals surface area contributed by atoms with E-state index in [0.717, 1.165) is 5.56 Å². The molecule has 1 N–H and O–H groups in total. The van der Waals surface area contributed by atoms with Gasteiger partial charge in [0, 0.05) is 18.9 Å². The second-order valence-electron chi connectivity index (χ2n) is 6.18. The maximum atomic E-state index is 13.0. The molecule has 0 unspecified atom stereocenters. The molecule has 1 atom stereocenters. The van der Waals surface area contributed by atoms with Crippen LogP contribution in [-0.4, -0.2) is 26.7 Å². The van der Waals surface area contributed by atoms with E-state index in [1.165, 1.54) is 16.2 Å². The van der Waals surface area contributed by atoms with E-state index in [0.29, 0.717) is 10.4 Å². The topological polar surface area (TPSA) is 70.5 Å². The molecule has 1 aliphatic heterocycles. The van der Waals surface area contributed by atoms with Crippen molar-refractivity contribution in [2.75, 3.05) is 0 Å². The quantitative estimate of drug-likeness (QED) is 0.685. The Kier molecular flexibility index (Phi) is 4.56. The Balaban J connectivity index is 1.79. The first-order valence-corrected chi connectivity index (χ1v) is 9.31. The van der Waals surface area contributed by atoms with Gasteiger partial charge < -0.3 is 10.0 Å². The molecular formula is C21H16N2O3S. The van der Waals surface area contributed by atoms with Crippen LogP contribution >= 0.6 is 11.3 Å². The zero-order valence-corrected chi connectivity index (χ0v) is 15.1. The Morgan fingerprint density at radius 3 is 2.59 bits per heavy atom. The van der Waals surface area contributed by atoms with Crippen molar-refractivity contribution in [1.82, 2.24) is 9.88 Å². The Morgan fingerprint density at radius 1 is 1.11 bits per heavy atom. The summed E-state index contributed by atoms with van der Waals surface area (Å²) < 4.78 is 0. The van der Waals surface area contributed by atoms with E-state index in [9.17, 15) is 14.7 Å². The summed E-state index contributed by atoms with van der Waals surface area (Å²) in [6, 6.07) is 15.8. The van der Waals surface area contributed by atoms with Gasteiger partial charge in [-0.3, -0.25) is 14.6 Å². The number of Topliss-reactive ketones (excluding diaryl/α,β-unsaturated/α-hetero) is 1. The van der Waals surface area contributed by atoms with E-state index in [4.69, 9.17) is 0 Å². The third-order valence-corrected chi connectivity index (χ3v) is 5.36. The first kappa shape index (κ1) is 17.2. The number of rotatable bonds is 5. The first-order chi connectivity index (χ1) is 13.2. The highest BCUT2D eigenvalue weighted by Crippen LogP contribution is 2.40. The maximum absolute atomic E-state index is 13.0. The summed E-state index contributed by atoms with van der Waals surface area (Å²) in [4.78, 5) is 32.0. The zero-order valence-electron chi connectivity index (χ0n) is 14.3. The number of ketones is 1. The number of carbonyl (C=O) groups excluding carboxylic acids is 2. The van der Waals surface area contributed by atoms with Crippen molar-refractivity contribution >= 4 is 23.0 Å². The first-order valence-electron chi connectivity index (χ1n) is 8.43. The van der Waals surface area contributed by atoms with Gasteiger partial charge in [-0.2, -0.15) is 0 Å². The number of amides is 1. The van der Waals surface area contributed by atoms with Crippen LogP contribution in [0.15, 0.2) is 83.7 Å². The molecule has 1 aromatic carbocycles. The Morgan fingerprint density at radius 2 is 1.93 bits per heavy atom. The Labute approximate surface area is 160 Å². The number of benzene rings is 1. The molecule has 1 amide bonds. The fourth-order valence-corrected chi connectivity index (χ4v) is 3.93. The van der Waals surface area contributed by atoms with Gasteiger partial charge in [0.1, 0.15) is 0 Å². The summed E-state index contributed by atoms with van der Waals surface area (Å²) in [6.07, 6.45) is 3.25. The minimum Gasteiger partial charge on any atom is -0.503 e. The highest BCUT2D eigenvalue weighted by Gasteiger charge is 2.44. The molecule has 0 fully saturated rings. The van der Waals surface area contributed by atoms with Crippen LogP contribution in [0, 0.1) is 0 Å². The average molecular weight is 376 g/mol. The Hall–Kier alpha value is -3.25. The summed E-state index contributed by atoms with van der Waals surface area (Å²) >= 11 is 1.28. The van der Waals surface area contributed by atoms with Crippen molar-refractivity contribution < 1.29 is 14.7 Å². The second-order valence-corrected chi connectivity index (χ2v) is 7.12. The molecule has 0 spiro atoms. The molecule has 0 saturated carbocycles. The van der Waals surface area contributed by atoms with Crippen LogP contribution in [0.5, 0.6) is 0 Å². The minimum atomic E-state index is -0.680. The van der Waals surface area contributed by atoms with Gasteiger partial charge in [0.15, 0.2) is 5.76 Å². The molecule has 0 bridgehead atoms. The molecule has 0 aliphatic carbocycles. The molecular weight excluding hydrogens is 360 g/mol. The zero-order chi connectivity index (χ0) is 18.8. The molecule has 3 aromatic rings. The predicted octanol–water partition coefficient (Wildman–Crippen LogP) is 3.92. The number of nitrogens with zero attached hydrogens (tertiary/aromatic N) is 2. The SMILES string of the molecule is O=C(C1=C(O)C(=O)N(Cc2ccccc2)[C@@H]1c1cccnc1)c1cccs1. The number of hydrogen-bond acceptors (Lipinski definition) is 5. The molecule has 134 valence electrons. The summed E-state index contributed by atoms with van der Waals surface area (Å²) in [5.74, 6) is -1.37. The number of carbonyl (C=O) groups is 2. The fourth-order valence-electron chi connectivity index (χ4n) is 3.25. The molecule has 2 aromatic heterocycles. The van der Waals surface area contributed by atoms with Crippen LogP contribution in [0.25, 0.3) is 0 Å². The number of aromatic nitrogens is 1. The van der Waals surface area contributed by atoms with Crippen molar-refractivity contribution in [3.05, 3.63) is 99.7 Å². The van der Waals surface area contributed by atoms with Gasteiger partial charge in [-0.25, -0.2) is 0 Å². The van der Waals surface area contributed by atoms with Crippen LogP contribution in [0.1, 0.15) is 26.8 Å². The van der Waals surface area contributed by atoms with Crippen molar-refractivity contribution in [2.24, 2.45) is 0 Å². The fraction of sp³-hybridized carbons (Fsp3) is 0.0952. The molecule has 0 saturated heterocycles. The van der Waals surface area contributed by atoms with E-state index in [1.54, 1.807) is 36.0 Å². The van der Waals surface area contributed by atoms with Crippen molar-refractivity contribution in [1.29, 1.82) is 0 Å². The van der Waals surface area contributed by atoms with Crippen LogP contribution < -0.4 is 0 Å². The van der Waals surface area contributed by atoms with Gasteiger partial charge in [0.05, 0.1) is 16.5 Å². The lowest BCUT2D eigenvalue weighted by molar-refractivity contribution is -0.130. The largest absolute Gasteiger partial charge is 0.503 e. The molecule has 3 heterocycles. The number of aliphatic hydroxyl groups excluding tert-OH is 1. The lowest BCUT2D eigenvalue weighted by Gasteiger charge is -2.26. The highest BCUT2D eigenvalue weighted by molar-refractivity contribution is 7.12. The van der Waals surface area contributed by atoms with Gasteiger partial charge >= 0.3 is 0 Å². The van der Waals surface area contributed by atoms with Gasteiger partial charge in [0.25, 0.3) is 5.91 Å². The molecule has 4 rings (SSSR count). The number of thiophene rings is 1. The van der Waals surface area contributed by atoms with Gasteiger partial charge in [0.2, 0.25) is 5.78 Å². The monoisotopic (exact) mass is 376 g/mol. The third kappa shape index (κ3) is 3.15. The highest BCUT2D eigenvalue weighted by atomic mass is 32.1. The second kappa shape index (κ2) is 7.17. The van der Waals surface area contributed by atoms with E-state index in [2.05, 4.69) is 4.98 Å². The third-order valence-electron chi connectivity index (χ3n) is 4.49. The average Bonchev–Trinajstić information content (AvgIpc) is 3.32. The van der Waals surface area contributed by atoms with Crippen molar-refractivity contribution in [3.8, 4) is 0 Å². The summed E-state index contributed by atoms with van der Waals surface area (Å²) in [5.41, 5.74) is 1.70. The molecule has 0 radical (unpaired) electrons. The smallest absolute Gasteiger partial charge is 0.290 e. The molecule has 6 heteroatoms. The van der Waals surface area contributed by atoms with Crippen LogP contribution in [0.4, 0.5) is 0 Å². The predicted molar refractivity (Wildman–Crippen MR) is 102 cm³/mol. The maximum Gasteiger partial charge on any atom is 0.290 e. The van der Waals surface area contributed by atoms with Gasteiger partial charge in [-0.1, -0.05) is 42.5 Å². The van der Waals surface area contributed by atoms with E-state index < -0.39 is 17.7 Å². The Bertz CT molecular complexity index is 998. The van der Waals surface area contributed by atoms with Crippen molar-refractivity contribution in [3.63, 3.8) is 0 Å². The van der Waals surface area contributed by atoms with Crippen LogP contribution in [0.3, 0.4) is 0 Å². The standard InChI is InChI=1S/C21H16N2O3S/c24-19(16-9-5-11-27-16)17-18(15-8-4-10-22-12-15)23(21(26)20(17)25)13-14-6-2-1-3-7-14/h1-12,18,25H,13H2/t18-/m1/s1.